The third kappa shape index (κ3) is 4.23. The molecule has 1 amide bonds. The van der Waals surface area contributed by atoms with Crippen molar-refractivity contribution in [3.05, 3.63) is 71.5 Å². The van der Waals surface area contributed by atoms with Crippen LogP contribution in [-0.2, 0) is 4.79 Å². The van der Waals surface area contributed by atoms with Gasteiger partial charge in [0.2, 0.25) is 0 Å². The lowest BCUT2D eigenvalue weighted by Crippen LogP contribution is -2.20. The molecule has 3 aromatic rings. The first-order valence-corrected chi connectivity index (χ1v) is 8.83. The summed E-state index contributed by atoms with van der Waals surface area (Å²) in [6, 6.07) is 16.5. The molecule has 0 unspecified atom stereocenters. The number of benzene rings is 2. The molecule has 1 heterocycles. The van der Waals surface area contributed by atoms with Crippen LogP contribution >= 0.6 is 0 Å². The van der Waals surface area contributed by atoms with Gasteiger partial charge in [0, 0.05) is 28.3 Å². The predicted molar refractivity (Wildman–Crippen MR) is 108 cm³/mol. The molecule has 0 radical (unpaired) electrons. The largest absolute Gasteiger partial charge is 0.493 e. The number of aldehydes is 1. The van der Waals surface area contributed by atoms with Crippen LogP contribution < -0.4 is 14.8 Å². The third-order valence-electron chi connectivity index (χ3n) is 4.36. The van der Waals surface area contributed by atoms with E-state index in [0.29, 0.717) is 22.7 Å². The van der Waals surface area contributed by atoms with Gasteiger partial charge in [0.25, 0.3) is 5.91 Å². The highest BCUT2D eigenvalue weighted by Gasteiger charge is 2.10. The fraction of sp³-hybridized carbons (Fsp3) is 0.182. The molecule has 6 heteroatoms. The second-order valence-corrected chi connectivity index (χ2v) is 6.36. The highest BCUT2D eigenvalue weighted by Crippen LogP contribution is 2.27. The minimum Gasteiger partial charge on any atom is -0.493 e. The van der Waals surface area contributed by atoms with E-state index in [4.69, 9.17) is 9.47 Å². The van der Waals surface area contributed by atoms with E-state index in [1.165, 1.54) is 7.11 Å². The van der Waals surface area contributed by atoms with Crippen LogP contribution in [0, 0.1) is 13.8 Å². The van der Waals surface area contributed by atoms with Crippen LogP contribution in [0.4, 0.5) is 5.69 Å². The number of aryl methyl sites for hydroxylation is 2. The maximum absolute atomic E-state index is 12.2. The molecular weight excluding hydrogens is 356 g/mol. The Bertz CT molecular complexity index is 971. The number of amides is 1. The molecular formula is C22H22N2O4. The fourth-order valence-electron chi connectivity index (χ4n) is 2.99. The number of nitrogens with one attached hydrogen (secondary N) is 1. The van der Waals surface area contributed by atoms with Crippen molar-refractivity contribution in [1.82, 2.24) is 4.57 Å². The van der Waals surface area contributed by atoms with Crippen molar-refractivity contribution in [2.45, 2.75) is 13.8 Å². The maximum atomic E-state index is 12.2. The van der Waals surface area contributed by atoms with E-state index in [2.05, 4.69) is 35.9 Å². The number of carbonyl (C=O) groups excluding carboxylic acids is 2. The first kappa shape index (κ1) is 19.2. The van der Waals surface area contributed by atoms with Gasteiger partial charge in [0.1, 0.15) is 6.29 Å². The minimum absolute atomic E-state index is 0.172. The molecule has 0 saturated carbocycles. The van der Waals surface area contributed by atoms with Crippen molar-refractivity contribution >= 4 is 17.9 Å². The monoisotopic (exact) mass is 378 g/mol. The Balaban J connectivity index is 1.62. The number of hydrogen-bond donors (Lipinski definition) is 1. The predicted octanol–water partition coefficient (Wildman–Crippen LogP) is 3.93. The number of methoxy groups -OCH3 is 1. The van der Waals surface area contributed by atoms with Gasteiger partial charge in [-0.15, -0.1) is 0 Å². The smallest absolute Gasteiger partial charge is 0.262 e. The van der Waals surface area contributed by atoms with Crippen molar-refractivity contribution in [1.29, 1.82) is 0 Å². The van der Waals surface area contributed by atoms with Gasteiger partial charge in [-0.3, -0.25) is 9.59 Å². The molecule has 0 bridgehead atoms. The van der Waals surface area contributed by atoms with E-state index < -0.39 is 0 Å². The number of anilines is 1. The van der Waals surface area contributed by atoms with E-state index in [1.54, 1.807) is 18.2 Å². The van der Waals surface area contributed by atoms with Crippen LogP contribution in [0.15, 0.2) is 54.6 Å². The number of rotatable bonds is 7. The molecule has 0 aliphatic rings. The number of nitrogens with zero attached hydrogens (tertiary/aromatic N) is 1. The van der Waals surface area contributed by atoms with Gasteiger partial charge < -0.3 is 19.4 Å². The van der Waals surface area contributed by atoms with E-state index in [1.807, 2.05) is 24.3 Å². The first-order valence-electron chi connectivity index (χ1n) is 8.83. The topological polar surface area (TPSA) is 69.6 Å². The van der Waals surface area contributed by atoms with Gasteiger partial charge in [-0.2, -0.15) is 0 Å². The number of carbonyl (C=O) groups is 2. The summed E-state index contributed by atoms with van der Waals surface area (Å²) in [5, 5.41) is 2.80. The van der Waals surface area contributed by atoms with E-state index in [-0.39, 0.29) is 12.5 Å². The summed E-state index contributed by atoms with van der Waals surface area (Å²) in [4.78, 5) is 23.0. The van der Waals surface area contributed by atoms with Crippen LogP contribution in [-0.4, -0.2) is 30.5 Å². The molecule has 1 N–H and O–H groups in total. The van der Waals surface area contributed by atoms with E-state index in [9.17, 15) is 9.59 Å². The summed E-state index contributed by atoms with van der Waals surface area (Å²) < 4.78 is 12.8. The van der Waals surface area contributed by atoms with Crippen molar-refractivity contribution in [2.75, 3.05) is 19.0 Å². The van der Waals surface area contributed by atoms with Crippen LogP contribution in [0.25, 0.3) is 5.69 Å². The normalized spacial score (nSPS) is 10.4. The van der Waals surface area contributed by atoms with E-state index in [0.717, 1.165) is 23.4 Å². The number of aromatic nitrogens is 1. The Labute approximate surface area is 163 Å². The quantitative estimate of drug-likeness (QED) is 0.633. The van der Waals surface area contributed by atoms with Gasteiger partial charge >= 0.3 is 0 Å². The maximum Gasteiger partial charge on any atom is 0.262 e. The molecule has 2 aromatic carbocycles. The van der Waals surface area contributed by atoms with Gasteiger partial charge in [0.05, 0.1) is 7.11 Å². The first-order chi connectivity index (χ1) is 13.5. The highest BCUT2D eigenvalue weighted by atomic mass is 16.5. The lowest BCUT2D eigenvalue weighted by molar-refractivity contribution is -0.118. The Kier molecular flexibility index (Phi) is 5.79. The molecule has 0 aliphatic heterocycles. The Hall–Kier alpha value is -3.54. The molecule has 28 heavy (non-hydrogen) atoms. The van der Waals surface area contributed by atoms with Crippen molar-refractivity contribution in [2.24, 2.45) is 0 Å². The van der Waals surface area contributed by atoms with Crippen molar-refractivity contribution in [3.63, 3.8) is 0 Å². The number of hydrogen-bond acceptors (Lipinski definition) is 4. The lowest BCUT2D eigenvalue weighted by Gasteiger charge is -2.12. The molecule has 0 fully saturated rings. The van der Waals surface area contributed by atoms with Gasteiger partial charge in [-0.1, -0.05) is 0 Å². The molecule has 3 rings (SSSR count). The van der Waals surface area contributed by atoms with Crippen LogP contribution in [0.2, 0.25) is 0 Å². The average molecular weight is 378 g/mol. The highest BCUT2D eigenvalue weighted by molar-refractivity contribution is 5.92. The molecule has 0 spiro atoms. The Morgan fingerprint density at radius 3 is 2.29 bits per heavy atom. The standard InChI is InChI=1S/C22H22N2O4/c1-15-4-5-16(2)24(15)19-9-7-18(8-10-19)23-22(26)14-28-20-11-6-17(13-25)12-21(20)27-3/h4-13H,14H2,1-3H3,(H,23,26). The van der Waals surface area contributed by atoms with Gasteiger partial charge in [-0.25, -0.2) is 0 Å². The van der Waals surface area contributed by atoms with Crippen LogP contribution in [0.3, 0.4) is 0 Å². The third-order valence-corrected chi connectivity index (χ3v) is 4.36. The molecule has 6 nitrogen and oxygen atoms in total. The van der Waals surface area contributed by atoms with Crippen molar-refractivity contribution in [3.8, 4) is 17.2 Å². The summed E-state index contributed by atoms with van der Waals surface area (Å²) in [5.41, 5.74) is 4.49. The molecule has 0 saturated heterocycles. The SMILES string of the molecule is COc1cc(C=O)ccc1OCC(=O)Nc1ccc(-n2c(C)ccc2C)cc1. The zero-order chi connectivity index (χ0) is 20.1. The van der Waals surface area contributed by atoms with Crippen LogP contribution in [0.5, 0.6) is 11.5 Å². The average Bonchev–Trinajstić information content (AvgIpc) is 3.05. The summed E-state index contributed by atoms with van der Waals surface area (Å²) in [5.74, 6) is 0.513. The van der Waals surface area contributed by atoms with Crippen molar-refractivity contribution < 1.29 is 19.1 Å². The molecule has 1 aromatic heterocycles. The zero-order valence-corrected chi connectivity index (χ0v) is 16.1. The van der Waals surface area contributed by atoms with E-state index >= 15 is 0 Å². The second-order valence-electron chi connectivity index (χ2n) is 6.36. The fourth-order valence-corrected chi connectivity index (χ4v) is 2.99. The number of ether oxygens (including phenoxy) is 2. The molecule has 0 atom stereocenters. The summed E-state index contributed by atoms with van der Waals surface area (Å²) in [6.07, 6.45) is 0.722. The molecule has 0 aliphatic carbocycles. The summed E-state index contributed by atoms with van der Waals surface area (Å²) in [7, 11) is 1.48. The summed E-state index contributed by atoms with van der Waals surface area (Å²) in [6.45, 7) is 3.93. The summed E-state index contributed by atoms with van der Waals surface area (Å²) >= 11 is 0. The van der Waals surface area contributed by atoms with Crippen LogP contribution in [0.1, 0.15) is 21.7 Å². The van der Waals surface area contributed by atoms with Gasteiger partial charge in [-0.05, 0) is 68.4 Å². The minimum atomic E-state index is -0.289. The second kappa shape index (κ2) is 8.43. The Morgan fingerprint density at radius 2 is 1.68 bits per heavy atom. The van der Waals surface area contributed by atoms with Gasteiger partial charge in [0.15, 0.2) is 18.1 Å². The zero-order valence-electron chi connectivity index (χ0n) is 16.1. The Morgan fingerprint density at radius 1 is 1.00 bits per heavy atom. The molecule has 144 valence electrons. The lowest BCUT2D eigenvalue weighted by atomic mass is 10.2.